The van der Waals surface area contributed by atoms with Crippen LogP contribution in [0.15, 0.2) is 12.1 Å². The summed E-state index contributed by atoms with van der Waals surface area (Å²) < 4.78 is 5.62. The van der Waals surface area contributed by atoms with Gasteiger partial charge >= 0.3 is 0 Å². The highest BCUT2D eigenvalue weighted by molar-refractivity contribution is 7.14. The van der Waals surface area contributed by atoms with Crippen LogP contribution < -0.4 is 0 Å². The third-order valence-corrected chi connectivity index (χ3v) is 4.60. The standard InChI is InChI=1S/C14H21NO2S/c1-3-11-9-15(7-8-17-11)10-13(16)14-6-5-12(4-2)18-14/h5-6,11H,3-4,7-10H2,1-2H3. The first-order chi connectivity index (χ1) is 8.72. The van der Waals surface area contributed by atoms with Gasteiger partial charge in [0.25, 0.3) is 0 Å². The van der Waals surface area contributed by atoms with Crippen molar-refractivity contribution in [1.82, 2.24) is 4.90 Å². The molecule has 0 radical (unpaired) electrons. The molecule has 0 aliphatic carbocycles. The van der Waals surface area contributed by atoms with E-state index in [9.17, 15) is 4.79 Å². The van der Waals surface area contributed by atoms with E-state index < -0.39 is 0 Å². The van der Waals surface area contributed by atoms with Crippen LogP contribution in [-0.4, -0.2) is 43.0 Å². The molecule has 2 rings (SSSR count). The van der Waals surface area contributed by atoms with Crippen molar-refractivity contribution in [3.05, 3.63) is 21.9 Å². The topological polar surface area (TPSA) is 29.5 Å². The van der Waals surface area contributed by atoms with E-state index in [2.05, 4.69) is 24.8 Å². The molecule has 1 aromatic rings. The zero-order valence-electron chi connectivity index (χ0n) is 11.1. The molecule has 0 N–H and O–H groups in total. The molecule has 1 aliphatic heterocycles. The highest BCUT2D eigenvalue weighted by atomic mass is 32.1. The molecule has 1 aliphatic rings. The Kier molecular flexibility index (Phi) is 4.92. The third kappa shape index (κ3) is 3.40. The fraction of sp³-hybridized carbons (Fsp3) is 0.643. The average Bonchev–Trinajstić information content (AvgIpc) is 2.88. The molecule has 4 heteroatoms. The van der Waals surface area contributed by atoms with E-state index in [-0.39, 0.29) is 5.78 Å². The zero-order valence-corrected chi connectivity index (χ0v) is 12.0. The Labute approximate surface area is 113 Å². The Morgan fingerprint density at radius 3 is 3.00 bits per heavy atom. The minimum atomic E-state index is 0.247. The van der Waals surface area contributed by atoms with Gasteiger partial charge in [0.05, 0.1) is 24.1 Å². The van der Waals surface area contributed by atoms with Gasteiger partial charge in [0.1, 0.15) is 0 Å². The molecule has 2 heterocycles. The highest BCUT2D eigenvalue weighted by Crippen LogP contribution is 2.18. The largest absolute Gasteiger partial charge is 0.376 e. The second kappa shape index (κ2) is 6.45. The maximum absolute atomic E-state index is 12.2. The highest BCUT2D eigenvalue weighted by Gasteiger charge is 2.21. The number of morpholine rings is 1. The van der Waals surface area contributed by atoms with E-state index in [1.54, 1.807) is 11.3 Å². The van der Waals surface area contributed by atoms with E-state index in [1.807, 2.05) is 6.07 Å². The molecule has 18 heavy (non-hydrogen) atoms. The minimum absolute atomic E-state index is 0.247. The molecule has 1 unspecified atom stereocenters. The Morgan fingerprint density at radius 1 is 1.50 bits per heavy atom. The van der Waals surface area contributed by atoms with Crippen molar-refractivity contribution in [3.8, 4) is 0 Å². The molecule has 100 valence electrons. The van der Waals surface area contributed by atoms with Gasteiger partial charge in [-0.05, 0) is 25.0 Å². The van der Waals surface area contributed by atoms with Gasteiger partial charge in [0.15, 0.2) is 5.78 Å². The molecule has 0 spiro atoms. The van der Waals surface area contributed by atoms with Crippen molar-refractivity contribution in [3.63, 3.8) is 0 Å². The summed E-state index contributed by atoms with van der Waals surface area (Å²) in [4.78, 5) is 16.6. The quantitative estimate of drug-likeness (QED) is 0.768. The van der Waals surface area contributed by atoms with Crippen molar-refractivity contribution in [2.75, 3.05) is 26.2 Å². The molecule has 1 atom stereocenters. The molecule has 0 amide bonds. The van der Waals surface area contributed by atoms with E-state index in [0.717, 1.165) is 37.4 Å². The second-order valence-corrected chi connectivity index (χ2v) is 5.85. The Balaban J connectivity index is 1.90. The van der Waals surface area contributed by atoms with Crippen molar-refractivity contribution < 1.29 is 9.53 Å². The predicted molar refractivity (Wildman–Crippen MR) is 74.5 cm³/mol. The molecular formula is C14H21NO2S. The van der Waals surface area contributed by atoms with Crippen LogP contribution in [0.3, 0.4) is 0 Å². The van der Waals surface area contributed by atoms with Crippen molar-refractivity contribution in [2.24, 2.45) is 0 Å². The van der Waals surface area contributed by atoms with Crippen LogP contribution in [0.25, 0.3) is 0 Å². The summed E-state index contributed by atoms with van der Waals surface area (Å²) in [6, 6.07) is 4.02. The van der Waals surface area contributed by atoms with Gasteiger partial charge in [0, 0.05) is 18.0 Å². The third-order valence-electron chi connectivity index (χ3n) is 3.33. The number of hydrogen-bond acceptors (Lipinski definition) is 4. The number of thiophene rings is 1. The first-order valence-corrected chi connectivity index (χ1v) is 7.50. The number of hydrogen-bond donors (Lipinski definition) is 0. The number of nitrogens with zero attached hydrogens (tertiary/aromatic N) is 1. The van der Waals surface area contributed by atoms with Gasteiger partial charge in [-0.1, -0.05) is 13.8 Å². The fourth-order valence-electron chi connectivity index (χ4n) is 2.17. The number of ether oxygens (including phenoxy) is 1. The Hall–Kier alpha value is -0.710. The van der Waals surface area contributed by atoms with E-state index in [4.69, 9.17) is 4.74 Å². The van der Waals surface area contributed by atoms with Gasteiger partial charge in [-0.3, -0.25) is 9.69 Å². The maximum Gasteiger partial charge on any atom is 0.186 e. The normalized spacial score (nSPS) is 21.1. The maximum atomic E-state index is 12.2. The number of Topliss-reactive ketones (excluding diaryl/α,β-unsaturated/α-hetero) is 1. The molecule has 1 saturated heterocycles. The van der Waals surface area contributed by atoms with Crippen LogP contribution in [0.5, 0.6) is 0 Å². The summed E-state index contributed by atoms with van der Waals surface area (Å²) >= 11 is 1.63. The van der Waals surface area contributed by atoms with Gasteiger partial charge < -0.3 is 4.74 Å². The number of ketones is 1. The number of rotatable bonds is 5. The van der Waals surface area contributed by atoms with Crippen LogP contribution >= 0.6 is 11.3 Å². The number of aryl methyl sites for hydroxylation is 1. The summed E-state index contributed by atoms with van der Waals surface area (Å²) in [7, 11) is 0. The molecule has 1 fully saturated rings. The second-order valence-electron chi connectivity index (χ2n) is 4.68. The minimum Gasteiger partial charge on any atom is -0.376 e. The first-order valence-electron chi connectivity index (χ1n) is 6.68. The molecule has 0 aromatic carbocycles. The van der Waals surface area contributed by atoms with E-state index >= 15 is 0 Å². The van der Waals surface area contributed by atoms with Crippen molar-refractivity contribution in [2.45, 2.75) is 32.8 Å². The van der Waals surface area contributed by atoms with Gasteiger partial charge in [0.2, 0.25) is 0 Å². The fourth-order valence-corrected chi connectivity index (χ4v) is 3.05. The molecule has 3 nitrogen and oxygen atoms in total. The average molecular weight is 267 g/mol. The van der Waals surface area contributed by atoms with E-state index in [0.29, 0.717) is 12.6 Å². The summed E-state index contributed by atoms with van der Waals surface area (Å²) in [5.41, 5.74) is 0. The van der Waals surface area contributed by atoms with Crippen LogP contribution in [0.2, 0.25) is 0 Å². The zero-order chi connectivity index (χ0) is 13.0. The molecule has 1 aromatic heterocycles. The predicted octanol–water partition coefficient (Wildman–Crippen LogP) is 2.60. The van der Waals surface area contributed by atoms with Crippen molar-refractivity contribution >= 4 is 17.1 Å². The smallest absolute Gasteiger partial charge is 0.186 e. The summed E-state index contributed by atoms with van der Waals surface area (Å²) in [6.07, 6.45) is 2.32. The molecule has 0 saturated carbocycles. The summed E-state index contributed by atoms with van der Waals surface area (Å²) in [5.74, 6) is 0.247. The summed E-state index contributed by atoms with van der Waals surface area (Å²) in [5, 5.41) is 0. The lowest BCUT2D eigenvalue weighted by molar-refractivity contribution is -0.0271. The molecular weight excluding hydrogens is 246 g/mol. The number of carbonyl (C=O) groups excluding carboxylic acids is 1. The van der Waals surface area contributed by atoms with Gasteiger partial charge in [-0.15, -0.1) is 11.3 Å². The lowest BCUT2D eigenvalue weighted by Gasteiger charge is -2.31. The lowest BCUT2D eigenvalue weighted by atomic mass is 10.2. The monoisotopic (exact) mass is 267 g/mol. The SMILES string of the molecule is CCc1ccc(C(=O)CN2CCOC(CC)C2)s1. The van der Waals surface area contributed by atoms with Crippen LogP contribution in [0.4, 0.5) is 0 Å². The van der Waals surface area contributed by atoms with Gasteiger partial charge in [-0.25, -0.2) is 0 Å². The van der Waals surface area contributed by atoms with Crippen molar-refractivity contribution in [1.29, 1.82) is 0 Å². The first kappa shape index (κ1) is 13.7. The Morgan fingerprint density at radius 2 is 2.33 bits per heavy atom. The lowest BCUT2D eigenvalue weighted by Crippen LogP contribution is -2.44. The summed E-state index contributed by atoms with van der Waals surface area (Å²) in [6.45, 7) is 7.28. The van der Waals surface area contributed by atoms with Crippen LogP contribution in [0, 0.1) is 0 Å². The molecule has 0 bridgehead atoms. The Bertz CT molecular complexity index is 402. The van der Waals surface area contributed by atoms with E-state index in [1.165, 1.54) is 4.88 Å². The van der Waals surface area contributed by atoms with Crippen LogP contribution in [0.1, 0.15) is 34.8 Å². The number of carbonyl (C=O) groups is 1. The van der Waals surface area contributed by atoms with Gasteiger partial charge in [-0.2, -0.15) is 0 Å². The van der Waals surface area contributed by atoms with Crippen LogP contribution in [-0.2, 0) is 11.2 Å².